The molecular formula is C27H26Si. The van der Waals surface area contributed by atoms with Gasteiger partial charge >= 0.3 is 0 Å². The van der Waals surface area contributed by atoms with Crippen LogP contribution in [0.5, 0.6) is 0 Å². The largest absolute Gasteiger partial charge is 0.0871 e. The van der Waals surface area contributed by atoms with Crippen LogP contribution in [0.3, 0.4) is 0 Å². The molecule has 0 heterocycles. The molecular weight excluding hydrogens is 352 g/mol. The van der Waals surface area contributed by atoms with E-state index in [0.717, 1.165) is 0 Å². The van der Waals surface area contributed by atoms with E-state index in [-0.39, 0.29) is 0 Å². The van der Waals surface area contributed by atoms with E-state index in [1.54, 1.807) is 0 Å². The molecule has 0 nitrogen and oxygen atoms in total. The molecule has 3 aromatic carbocycles. The van der Waals surface area contributed by atoms with Crippen LogP contribution in [-0.2, 0) is 0 Å². The van der Waals surface area contributed by atoms with E-state index < -0.39 is 8.07 Å². The summed E-state index contributed by atoms with van der Waals surface area (Å²) in [7, 11) is -1.77. The molecule has 3 aromatic rings. The molecule has 5 rings (SSSR count). The van der Waals surface area contributed by atoms with E-state index in [0.29, 0.717) is 11.1 Å². The molecule has 0 amide bonds. The first-order valence-electron chi connectivity index (χ1n) is 10.2. The van der Waals surface area contributed by atoms with E-state index in [9.17, 15) is 0 Å². The van der Waals surface area contributed by atoms with Crippen LogP contribution in [0.4, 0.5) is 0 Å². The summed E-state index contributed by atoms with van der Waals surface area (Å²) < 4.78 is 0. The zero-order chi connectivity index (χ0) is 19.3. The fraction of sp³-hybridized carbons (Fsp3) is 0.185. The molecule has 0 spiro atoms. The zero-order valence-electron chi connectivity index (χ0n) is 16.8. The van der Waals surface area contributed by atoms with Gasteiger partial charge in [0, 0.05) is 5.54 Å². The molecule has 0 aromatic heterocycles. The van der Waals surface area contributed by atoms with Gasteiger partial charge in [-0.2, -0.15) is 0 Å². The summed E-state index contributed by atoms with van der Waals surface area (Å²) in [5, 5.41) is 0. The van der Waals surface area contributed by atoms with Crippen molar-refractivity contribution in [2.75, 3.05) is 0 Å². The number of fused-ring (bicyclic) bond motifs is 4. The first kappa shape index (κ1) is 17.5. The third-order valence-corrected chi connectivity index (χ3v) is 10.9. The fourth-order valence-corrected chi connectivity index (χ4v) is 9.60. The first-order chi connectivity index (χ1) is 13.6. The molecule has 0 aliphatic heterocycles. The molecule has 0 saturated heterocycles. The molecule has 2 aliphatic carbocycles. The number of allylic oxidation sites excluding steroid dienone is 4. The van der Waals surface area contributed by atoms with Crippen LogP contribution < -0.4 is 0 Å². The Hall–Kier alpha value is -2.64. The normalized spacial score (nSPS) is 18.1. The fourth-order valence-electron chi connectivity index (χ4n) is 5.47. The Labute approximate surface area is 169 Å². The topological polar surface area (TPSA) is 0 Å². The minimum Gasteiger partial charge on any atom is -0.0871 e. The second kappa shape index (κ2) is 6.46. The summed E-state index contributed by atoms with van der Waals surface area (Å²) in [6, 6.07) is 27.2. The van der Waals surface area contributed by atoms with Crippen LogP contribution in [0.2, 0.25) is 13.1 Å². The van der Waals surface area contributed by atoms with Gasteiger partial charge in [-0.3, -0.25) is 0 Å². The first-order valence-corrected chi connectivity index (χ1v) is 13.4. The number of rotatable bonds is 3. The maximum atomic E-state index is 2.59. The quantitative estimate of drug-likeness (QED) is 0.418. The van der Waals surface area contributed by atoms with Gasteiger partial charge < -0.3 is 0 Å². The summed E-state index contributed by atoms with van der Waals surface area (Å²) in [6.07, 6.45) is 7.00. The summed E-state index contributed by atoms with van der Waals surface area (Å²) >= 11 is 0. The van der Waals surface area contributed by atoms with Gasteiger partial charge in [0.1, 0.15) is 0 Å². The van der Waals surface area contributed by atoms with E-state index in [1.807, 2.05) is 0 Å². The highest BCUT2D eigenvalue weighted by Crippen LogP contribution is 2.54. The van der Waals surface area contributed by atoms with Crippen molar-refractivity contribution in [2.45, 2.75) is 31.1 Å². The molecule has 2 aliphatic rings. The lowest BCUT2D eigenvalue weighted by Gasteiger charge is -2.36. The van der Waals surface area contributed by atoms with Gasteiger partial charge in [0.2, 0.25) is 0 Å². The van der Waals surface area contributed by atoms with Crippen molar-refractivity contribution in [1.29, 1.82) is 0 Å². The average Bonchev–Trinajstić information content (AvgIpc) is 3.25. The predicted octanol–water partition coefficient (Wildman–Crippen LogP) is 7.34. The summed E-state index contributed by atoms with van der Waals surface area (Å²) in [4.78, 5) is 0. The van der Waals surface area contributed by atoms with E-state index in [4.69, 9.17) is 0 Å². The van der Waals surface area contributed by atoms with Crippen molar-refractivity contribution in [3.63, 3.8) is 0 Å². The van der Waals surface area contributed by atoms with Crippen molar-refractivity contribution in [1.82, 2.24) is 0 Å². The molecule has 28 heavy (non-hydrogen) atoms. The minimum absolute atomic E-state index is 0.527. The Bertz CT molecular complexity index is 1070. The zero-order valence-corrected chi connectivity index (χ0v) is 17.8. The highest BCUT2D eigenvalue weighted by molar-refractivity contribution is 6.81. The standard InChI is InChI=1S/C27H26Si/c1-4-11-19-18-26(23-15-8-5-12-20(19)23)28(2,3)27-24-16-9-6-13-21(24)22-14-7-10-17-25(22)27/h4-18,26-27H,1-3H3. The second-order valence-electron chi connectivity index (χ2n) is 8.62. The Morgan fingerprint density at radius 3 is 1.75 bits per heavy atom. The Balaban J connectivity index is 1.70. The molecule has 1 heteroatoms. The molecule has 0 fully saturated rings. The van der Waals surface area contributed by atoms with E-state index in [2.05, 4.69) is 111 Å². The smallest absolute Gasteiger partial charge is 0.0723 e. The maximum absolute atomic E-state index is 2.59. The summed E-state index contributed by atoms with van der Waals surface area (Å²) in [6.45, 7) is 7.29. The SMILES string of the molecule is CC=CC1=CC([Si](C)(C)C2c3ccccc3-c3ccccc32)c2ccccc21. The van der Waals surface area contributed by atoms with Crippen LogP contribution in [0, 0.1) is 0 Å². The van der Waals surface area contributed by atoms with Gasteiger partial charge in [0.25, 0.3) is 0 Å². The third kappa shape index (κ3) is 2.43. The van der Waals surface area contributed by atoms with Crippen LogP contribution in [-0.4, -0.2) is 8.07 Å². The van der Waals surface area contributed by atoms with Gasteiger partial charge in [-0.25, -0.2) is 0 Å². The van der Waals surface area contributed by atoms with Crippen molar-refractivity contribution >= 4 is 13.6 Å². The van der Waals surface area contributed by atoms with Gasteiger partial charge in [-0.15, -0.1) is 0 Å². The van der Waals surface area contributed by atoms with Gasteiger partial charge in [-0.05, 0) is 51.4 Å². The van der Waals surface area contributed by atoms with Crippen molar-refractivity contribution in [2.24, 2.45) is 0 Å². The molecule has 0 N–H and O–H groups in total. The van der Waals surface area contributed by atoms with E-state index >= 15 is 0 Å². The highest BCUT2D eigenvalue weighted by atomic mass is 28.3. The van der Waals surface area contributed by atoms with Crippen molar-refractivity contribution < 1.29 is 0 Å². The molecule has 0 radical (unpaired) electrons. The van der Waals surface area contributed by atoms with Crippen molar-refractivity contribution in [3.8, 4) is 11.1 Å². The van der Waals surface area contributed by atoms with Gasteiger partial charge in [0.15, 0.2) is 0 Å². The van der Waals surface area contributed by atoms with Crippen molar-refractivity contribution in [3.05, 3.63) is 113 Å². The summed E-state index contributed by atoms with van der Waals surface area (Å²) in [5.74, 6) is 0. The molecule has 0 bridgehead atoms. The lowest BCUT2D eigenvalue weighted by Crippen LogP contribution is -2.41. The highest BCUT2D eigenvalue weighted by Gasteiger charge is 2.46. The lowest BCUT2D eigenvalue weighted by atomic mass is 10.1. The number of benzene rings is 3. The Morgan fingerprint density at radius 1 is 0.679 bits per heavy atom. The molecule has 1 atom stereocenters. The predicted molar refractivity (Wildman–Crippen MR) is 123 cm³/mol. The lowest BCUT2D eigenvalue weighted by molar-refractivity contribution is 1.03. The minimum atomic E-state index is -1.77. The van der Waals surface area contributed by atoms with E-state index in [1.165, 1.54) is 39.0 Å². The molecule has 138 valence electrons. The monoisotopic (exact) mass is 378 g/mol. The molecule has 0 saturated carbocycles. The van der Waals surface area contributed by atoms with Crippen LogP contribution in [0.15, 0.2) is 91.0 Å². The summed E-state index contributed by atoms with van der Waals surface area (Å²) in [5.41, 5.74) is 11.3. The van der Waals surface area contributed by atoms with Crippen LogP contribution >= 0.6 is 0 Å². The maximum Gasteiger partial charge on any atom is 0.0723 e. The van der Waals surface area contributed by atoms with Gasteiger partial charge in [0.05, 0.1) is 8.07 Å². The Morgan fingerprint density at radius 2 is 1.18 bits per heavy atom. The van der Waals surface area contributed by atoms with Gasteiger partial charge in [-0.1, -0.05) is 104 Å². The second-order valence-corrected chi connectivity index (χ2v) is 13.5. The van der Waals surface area contributed by atoms with Crippen LogP contribution in [0.25, 0.3) is 16.7 Å². The van der Waals surface area contributed by atoms with Crippen LogP contribution in [0.1, 0.15) is 40.3 Å². The number of hydrogen-bond donors (Lipinski definition) is 0. The number of hydrogen-bond acceptors (Lipinski definition) is 0. The Kier molecular flexibility index (Phi) is 4.03. The third-order valence-electron chi connectivity index (χ3n) is 6.68. The molecule has 1 unspecified atom stereocenters. The average molecular weight is 379 g/mol.